The number of nitrogens with zero attached hydrogens (tertiary/aromatic N) is 3. The molecular formula is C17H16N4O6. The van der Waals surface area contributed by atoms with Crippen molar-refractivity contribution in [3.63, 3.8) is 0 Å². The van der Waals surface area contributed by atoms with Crippen LogP contribution in [-0.4, -0.2) is 29.8 Å². The number of ether oxygens (including phenoxy) is 2. The van der Waals surface area contributed by atoms with Crippen LogP contribution >= 0.6 is 0 Å². The molecule has 0 saturated heterocycles. The quantitative estimate of drug-likeness (QED) is 0.468. The van der Waals surface area contributed by atoms with Crippen molar-refractivity contribution in [1.82, 2.24) is 0 Å². The van der Waals surface area contributed by atoms with E-state index in [1.54, 1.807) is 6.07 Å². The Morgan fingerprint density at radius 2 is 2.04 bits per heavy atom. The fourth-order valence-corrected chi connectivity index (χ4v) is 2.81. The van der Waals surface area contributed by atoms with Gasteiger partial charge in [-0.1, -0.05) is 0 Å². The lowest BCUT2D eigenvalue weighted by Gasteiger charge is -2.20. The van der Waals surface area contributed by atoms with E-state index in [4.69, 9.17) is 9.47 Å². The first-order chi connectivity index (χ1) is 13.0. The van der Waals surface area contributed by atoms with Gasteiger partial charge in [0.1, 0.15) is 17.2 Å². The van der Waals surface area contributed by atoms with E-state index < -0.39 is 15.5 Å². The van der Waals surface area contributed by atoms with E-state index in [-0.39, 0.29) is 11.4 Å². The van der Waals surface area contributed by atoms with Crippen LogP contribution in [0.2, 0.25) is 0 Å². The lowest BCUT2D eigenvalue weighted by molar-refractivity contribution is -0.393. The number of nitrogens with one attached hydrogen (secondary N) is 1. The molecule has 2 aromatic carbocycles. The lowest BCUT2D eigenvalue weighted by atomic mass is 9.99. The number of hydrogen-bond acceptors (Lipinski definition) is 8. The molecule has 0 saturated carbocycles. The number of hydrazone groups is 1. The van der Waals surface area contributed by atoms with E-state index >= 15 is 0 Å². The van der Waals surface area contributed by atoms with E-state index in [1.807, 2.05) is 6.07 Å². The second kappa shape index (κ2) is 7.68. The molecule has 1 aliphatic rings. The van der Waals surface area contributed by atoms with Gasteiger partial charge in [-0.2, -0.15) is 5.10 Å². The number of rotatable bonds is 6. The molecule has 0 unspecified atom stereocenters. The summed E-state index contributed by atoms with van der Waals surface area (Å²) in [5.41, 5.74) is 3.48. The van der Waals surface area contributed by atoms with Gasteiger partial charge in [-0.25, -0.2) is 0 Å². The van der Waals surface area contributed by atoms with Crippen molar-refractivity contribution in [2.45, 2.75) is 12.8 Å². The first kappa shape index (κ1) is 18.1. The average molecular weight is 372 g/mol. The fourth-order valence-electron chi connectivity index (χ4n) is 2.81. The summed E-state index contributed by atoms with van der Waals surface area (Å²) in [6.45, 7) is 0.642. The molecule has 1 aliphatic heterocycles. The van der Waals surface area contributed by atoms with Crippen LogP contribution in [-0.2, 0) is 6.42 Å². The smallest absolute Gasteiger partial charge is 0.301 e. The Morgan fingerprint density at radius 1 is 1.22 bits per heavy atom. The maximum atomic E-state index is 11.2. The van der Waals surface area contributed by atoms with Gasteiger partial charge in [0.25, 0.3) is 5.69 Å². The molecule has 0 spiro atoms. The van der Waals surface area contributed by atoms with E-state index in [1.165, 1.54) is 25.5 Å². The summed E-state index contributed by atoms with van der Waals surface area (Å²) in [7, 11) is 1.54. The largest absolute Gasteiger partial charge is 0.496 e. The van der Waals surface area contributed by atoms with Crippen LogP contribution < -0.4 is 14.9 Å². The summed E-state index contributed by atoms with van der Waals surface area (Å²) < 4.78 is 11.0. The number of hydrogen-bond donors (Lipinski definition) is 1. The summed E-state index contributed by atoms with van der Waals surface area (Å²) in [4.78, 5) is 20.6. The molecule has 0 amide bonds. The second-order valence-corrected chi connectivity index (χ2v) is 5.70. The first-order valence-electron chi connectivity index (χ1n) is 8.06. The molecule has 0 bridgehead atoms. The first-order valence-corrected chi connectivity index (χ1v) is 8.06. The third-order valence-electron chi connectivity index (χ3n) is 4.09. The monoisotopic (exact) mass is 372 g/mol. The van der Waals surface area contributed by atoms with Crippen LogP contribution in [0.1, 0.15) is 17.5 Å². The predicted octanol–water partition coefficient (Wildman–Crippen LogP) is 3.28. The number of benzene rings is 2. The van der Waals surface area contributed by atoms with Crippen molar-refractivity contribution in [2.24, 2.45) is 5.10 Å². The predicted molar refractivity (Wildman–Crippen MR) is 97.8 cm³/mol. The summed E-state index contributed by atoms with van der Waals surface area (Å²) in [5, 5.41) is 26.0. The van der Waals surface area contributed by atoms with E-state index in [2.05, 4.69) is 10.5 Å². The molecule has 3 rings (SSSR count). The molecule has 0 aliphatic carbocycles. The van der Waals surface area contributed by atoms with Crippen molar-refractivity contribution < 1.29 is 19.3 Å². The molecule has 140 valence electrons. The van der Waals surface area contributed by atoms with Gasteiger partial charge in [-0.05, 0) is 31.0 Å². The number of fused-ring (bicyclic) bond motifs is 1. The highest BCUT2D eigenvalue weighted by Gasteiger charge is 2.20. The summed E-state index contributed by atoms with van der Waals surface area (Å²) in [6, 6.07) is 6.90. The van der Waals surface area contributed by atoms with Crippen molar-refractivity contribution in [3.05, 3.63) is 61.7 Å². The molecule has 10 heteroatoms. The molecule has 10 nitrogen and oxygen atoms in total. The topological polar surface area (TPSA) is 129 Å². The van der Waals surface area contributed by atoms with Crippen molar-refractivity contribution in [1.29, 1.82) is 0 Å². The van der Waals surface area contributed by atoms with Crippen molar-refractivity contribution >= 4 is 23.3 Å². The van der Waals surface area contributed by atoms with Crippen LogP contribution in [0.5, 0.6) is 11.5 Å². The summed E-state index contributed by atoms with van der Waals surface area (Å²) >= 11 is 0. The third kappa shape index (κ3) is 3.78. The van der Waals surface area contributed by atoms with Crippen LogP contribution in [0.15, 0.2) is 35.4 Å². The SMILES string of the molecule is COc1ccc2c(c1C=NNc1ccc([N+](=O)[O-])cc1[N+](=O)[O-])CCCO2. The van der Waals surface area contributed by atoms with Gasteiger partial charge in [0.15, 0.2) is 0 Å². The van der Waals surface area contributed by atoms with Gasteiger partial charge < -0.3 is 9.47 Å². The minimum Gasteiger partial charge on any atom is -0.496 e. The zero-order valence-electron chi connectivity index (χ0n) is 14.4. The number of nitro benzene ring substituents is 2. The van der Waals surface area contributed by atoms with Gasteiger partial charge in [0, 0.05) is 17.2 Å². The zero-order chi connectivity index (χ0) is 19.4. The normalized spacial score (nSPS) is 12.9. The standard InChI is InChI=1S/C17H16N4O6/c1-26-16-6-7-17-12(3-2-8-27-17)13(16)10-18-19-14-5-4-11(20(22)23)9-15(14)21(24)25/h4-7,9-10,19H,2-3,8H2,1H3. The molecule has 2 aromatic rings. The highest BCUT2D eigenvalue weighted by molar-refractivity contribution is 5.87. The Balaban J connectivity index is 1.90. The minimum absolute atomic E-state index is 0.0434. The third-order valence-corrected chi connectivity index (χ3v) is 4.09. The van der Waals surface area contributed by atoms with Crippen LogP contribution in [0.4, 0.5) is 17.1 Å². The maximum absolute atomic E-state index is 11.2. The molecule has 0 radical (unpaired) electrons. The Kier molecular flexibility index (Phi) is 5.15. The van der Waals surface area contributed by atoms with Gasteiger partial charge in [-0.15, -0.1) is 0 Å². The van der Waals surface area contributed by atoms with E-state index in [0.29, 0.717) is 17.9 Å². The maximum Gasteiger partial charge on any atom is 0.301 e. The number of nitro groups is 2. The Hall–Kier alpha value is -3.69. The summed E-state index contributed by atoms with van der Waals surface area (Å²) in [5.74, 6) is 1.35. The molecular weight excluding hydrogens is 356 g/mol. The van der Waals surface area contributed by atoms with Gasteiger partial charge in [-0.3, -0.25) is 25.7 Å². The van der Waals surface area contributed by atoms with Crippen LogP contribution in [0.25, 0.3) is 0 Å². The van der Waals surface area contributed by atoms with Gasteiger partial charge in [0.2, 0.25) is 0 Å². The molecule has 27 heavy (non-hydrogen) atoms. The molecule has 0 atom stereocenters. The second-order valence-electron chi connectivity index (χ2n) is 5.70. The molecule has 0 fully saturated rings. The zero-order valence-corrected chi connectivity index (χ0v) is 14.4. The van der Waals surface area contributed by atoms with Crippen molar-refractivity contribution in [3.8, 4) is 11.5 Å². The summed E-state index contributed by atoms with van der Waals surface area (Å²) in [6.07, 6.45) is 3.16. The minimum atomic E-state index is -0.705. The molecule has 1 heterocycles. The van der Waals surface area contributed by atoms with Crippen molar-refractivity contribution in [2.75, 3.05) is 19.1 Å². The lowest BCUT2D eigenvalue weighted by Crippen LogP contribution is -2.11. The van der Waals surface area contributed by atoms with Gasteiger partial charge in [0.05, 0.1) is 35.8 Å². The van der Waals surface area contributed by atoms with E-state index in [0.717, 1.165) is 30.2 Å². The number of anilines is 1. The van der Waals surface area contributed by atoms with Gasteiger partial charge >= 0.3 is 5.69 Å². The molecule has 1 N–H and O–H groups in total. The molecule has 0 aromatic heterocycles. The Labute approximate surface area is 153 Å². The number of methoxy groups -OCH3 is 1. The highest BCUT2D eigenvalue weighted by atomic mass is 16.6. The number of non-ortho nitro benzene ring substituents is 1. The van der Waals surface area contributed by atoms with E-state index in [9.17, 15) is 20.2 Å². The van der Waals surface area contributed by atoms with Crippen LogP contribution in [0.3, 0.4) is 0 Å². The van der Waals surface area contributed by atoms with Crippen LogP contribution in [0, 0.1) is 20.2 Å². The highest BCUT2D eigenvalue weighted by Crippen LogP contribution is 2.33. The average Bonchev–Trinajstić information content (AvgIpc) is 2.67. The fraction of sp³-hybridized carbons (Fsp3) is 0.235. The Bertz CT molecular complexity index is 928. The Morgan fingerprint density at radius 3 is 2.74 bits per heavy atom.